The Labute approximate surface area is 705 Å². The molecule has 0 unspecified atom stereocenters. The molecule has 0 fully saturated rings. The Kier molecular flexibility index (Phi) is 30.8. The predicted octanol–water partition coefficient (Wildman–Crippen LogP) is 23.8. The van der Waals surface area contributed by atoms with Crippen LogP contribution in [-0.4, -0.2) is 0 Å². The van der Waals surface area contributed by atoms with Gasteiger partial charge < -0.3 is 0 Å². The third kappa shape index (κ3) is 20.5. The van der Waals surface area contributed by atoms with E-state index >= 15 is 0 Å². The molecule has 0 aliphatic rings. The van der Waals surface area contributed by atoms with E-state index in [1.165, 1.54) is 200 Å². The summed E-state index contributed by atoms with van der Waals surface area (Å²) in [5.41, 5.74) is 50.7. The van der Waals surface area contributed by atoms with E-state index in [4.69, 9.17) is 0 Å². The fourth-order valence-electron chi connectivity index (χ4n) is 20.4. The average Bonchev–Trinajstić information content (AvgIpc) is 0.772. The van der Waals surface area contributed by atoms with Crippen LogP contribution in [0.5, 0.6) is 0 Å². The van der Waals surface area contributed by atoms with E-state index in [0.29, 0.717) is 0 Å². The molecule has 0 aliphatic carbocycles. The molecule has 0 aliphatic heterocycles. The van der Waals surface area contributed by atoms with Crippen molar-refractivity contribution >= 4 is 95.3 Å². The van der Waals surface area contributed by atoms with Crippen LogP contribution in [0.4, 0.5) is 0 Å². The molecule has 0 saturated carbocycles. The molecule has 0 radical (unpaired) electrons. The summed E-state index contributed by atoms with van der Waals surface area (Å²) in [6, 6.07) is 56.8. The molecule has 12 aromatic rings. The summed E-state index contributed by atoms with van der Waals surface area (Å²) in [6.45, 7) is 81.8. The molecular formula is C108H136P4Pd+4. The smallest absolute Gasteiger partial charge is 0.0524 e. The van der Waals surface area contributed by atoms with E-state index in [1.54, 1.807) is 63.7 Å². The molecule has 12 aromatic carbocycles. The minimum atomic E-state index is -1.11. The van der Waals surface area contributed by atoms with Crippen LogP contribution in [0.3, 0.4) is 0 Å². The Morgan fingerprint density at radius 1 is 0.0973 bits per heavy atom. The van der Waals surface area contributed by atoms with Crippen molar-refractivity contribution in [3.63, 3.8) is 0 Å². The zero-order valence-electron chi connectivity index (χ0n) is 76.2. The zero-order chi connectivity index (χ0) is 83.0. The third-order valence-corrected chi connectivity index (χ3v) is 38.6. The van der Waals surface area contributed by atoms with Crippen LogP contribution in [0.25, 0.3) is 0 Å². The Hall–Kier alpha value is -6.98. The summed E-state index contributed by atoms with van der Waals surface area (Å²) in [5, 5.41) is 18.8. The first kappa shape index (κ1) is 91.5. The monoisotopic (exact) mass is 1660 g/mol. The average molecular weight is 1660 g/mol. The second-order valence-corrected chi connectivity index (χ2v) is 43.8. The number of aryl methyl sites for hydroxylation is 36. The van der Waals surface area contributed by atoms with Gasteiger partial charge in [-0.3, -0.25) is 0 Å². The van der Waals surface area contributed by atoms with Gasteiger partial charge in [-0.15, -0.1) is 0 Å². The zero-order valence-corrected chi connectivity index (χ0v) is 81.7. The number of benzene rings is 12. The number of hydrogen-bond acceptors (Lipinski definition) is 0. The van der Waals surface area contributed by atoms with Gasteiger partial charge in [0.15, 0.2) is 0 Å². The van der Waals surface area contributed by atoms with E-state index in [9.17, 15) is 0 Å². The molecule has 594 valence electrons. The molecule has 113 heavy (non-hydrogen) atoms. The summed E-state index contributed by atoms with van der Waals surface area (Å²) >= 11 is 0. The minimum absolute atomic E-state index is 0. The van der Waals surface area contributed by atoms with Crippen LogP contribution in [0.1, 0.15) is 200 Å². The molecule has 0 N–H and O–H groups in total. The summed E-state index contributed by atoms with van der Waals surface area (Å²) in [4.78, 5) is 0. The van der Waals surface area contributed by atoms with Crippen molar-refractivity contribution in [2.45, 2.75) is 249 Å². The van der Waals surface area contributed by atoms with Gasteiger partial charge in [0.05, 0.1) is 0 Å². The van der Waals surface area contributed by atoms with Crippen LogP contribution < -0.4 is 63.7 Å². The van der Waals surface area contributed by atoms with Crippen molar-refractivity contribution in [1.82, 2.24) is 0 Å². The van der Waals surface area contributed by atoms with Gasteiger partial charge in [-0.25, -0.2) is 0 Å². The van der Waals surface area contributed by atoms with E-state index < -0.39 is 31.7 Å². The van der Waals surface area contributed by atoms with Gasteiger partial charge in [-0.2, -0.15) is 0 Å². The molecule has 0 atom stereocenters. The maximum Gasteiger partial charge on any atom is 0.108 e. The topological polar surface area (TPSA) is 0 Å². The van der Waals surface area contributed by atoms with Gasteiger partial charge in [-0.1, -0.05) is 212 Å². The van der Waals surface area contributed by atoms with Gasteiger partial charge in [0.25, 0.3) is 0 Å². The Bertz CT molecular complexity index is 4100. The summed E-state index contributed by atoms with van der Waals surface area (Å²) in [5.74, 6) is 0. The molecule has 0 nitrogen and oxygen atoms in total. The summed E-state index contributed by atoms with van der Waals surface area (Å²) in [7, 11) is -4.43. The number of rotatable bonds is 12. The van der Waals surface area contributed by atoms with Crippen LogP contribution in [-0.2, 0) is 20.4 Å². The van der Waals surface area contributed by atoms with E-state index in [1.807, 2.05) is 0 Å². The summed E-state index contributed by atoms with van der Waals surface area (Å²) < 4.78 is 0. The van der Waals surface area contributed by atoms with E-state index in [2.05, 4.69) is 395 Å². The predicted molar refractivity (Wildman–Crippen MR) is 517 cm³/mol. The molecule has 12 rings (SSSR count). The minimum Gasteiger partial charge on any atom is -0.0524 e. The standard InChI is InChI=1S/4C27H33P.Pd/c4*1-16-10-19(4)25(20(5)11-16)28(26-21(6)12-17(2)13-22(26)7)27-23(8)14-18(3)15-24(27)9;/h4*10-15H,1-9H3;/p+4. The first-order valence-electron chi connectivity index (χ1n) is 40.9. The van der Waals surface area contributed by atoms with Crippen molar-refractivity contribution in [3.05, 3.63) is 346 Å². The van der Waals surface area contributed by atoms with Crippen molar-refractivity contribution in [3.8, 4) is 0 Å². The van der Waals surface area contributed by atoms with Gasteiger partial charge in [0, 0.05) is 20.4 Å². The van der Waals surface area contributed by atoms with Crippen molar-refractivity contribution < 1.29 is 20.4 Å². The van der Waals surface area contributed by atoms with Gasteiger partial charge in [0.2, 0.25) is 0 Å². The molecule has 0 amide bonds. The molecule has 0 saturated heterocycles. The molecule has 0 spiro atoms. The second kappa shape index (κ2) is 38.0. The fourth-order valence-corrected chi connectivity index (χ4v) is 34.6. The van der Waals surface area contributed by atoms with Crippen LogP contribution in [0, 0.1) is 249 Å². The molecule has 0 bridgehead atoms. The Balaban J connectivity index is 0.000000188. The Morgan fingerprint density at radius 2 is 0.142 bits per heavy atom. The molecule has 0 aromatic heterocycles. The van der Waals surface area contributed by atoms with Crippen LogP contribution >= 0.6 is 31.7 Å². The van der Waals surface area contributed by atoms with E-state index in [-0.39, 0.29) is 20.4 Å². The number of hydrogen-bond donors (Lipinski definition) is 0. The Morgan fingerprint density at radius 3 is 0.186 bits per heavy atom. The maximum atomic E-state index is 2.37. The van der Waals surface area contributed by atoms with Gasteiger partial charge >= 0.3 is 0 Å². The summed E-state index contributed by atoms with van der Waals surface area (Å²) in [6.07, 6.45) is 0. The maximum absolute atomic E-state index is 2.37. The largest absolute Gasteiger partial charge is 0.108 e. The van der Waals surface area contributed by atoms with Crippen molar-refractivity contribution in [2.24, 2.45) is 0 Å². The first-order chi connectivity index (χ1) is 52.4. The molecular weight excluding hydrogens is 1530 g/mol. The third-order valence-electron chi connectivity index (χ3n) is 23.1. The second-order valence-electron chi connectivity index (χ2n) is 34.8. The quantitative estimate of drug-likeness (QED) is 0.0845. The first-order valence-corrected chi connectivity index (χ1v) is 46.9. The van der Waals surface area contributed by atoms with Crippen LogP contribution in [0.2, 0.25) is 0 Å². The van der Waals surface area contributed by atoms with Gasteiger partial charge in [-0.05, 0) is 383 Å². The van der Waals surface area contributed by atoms with Gasteiger partial charge in [0.1, 0.15) is 95.3 Å². The molecule has 0 heterocycles. The van der Waals surface area contributed by atoms with Crippen molar-refractivity contribution in [1.29, 1.82) is 0 Å². The molecule has 5 heteroatoms. The van der Waals surface area contributed by atoms with Crippen LogP contribution in [0.15, 0.2) is 146 Å². The normalized spacial score (nSPS) is 11.3. The SMILES string of the molecule is Cc1cc(C)c([PH+](c2c(C)cc(C)cc2C)c2c(C)cc(C)cc2C)c(C)c1.Cc1cc(C)c([PH+](c2c(C)cc(C)cc2C)c2c(C)cc(C)cc2C)c(C)c1.Cc1cc(C)c([PH+](c2c(C)cc(C)cc2C)c2c(C)cc(C)cc2C)c(C)c1.Cc1cc(C)c([PH+](c2c(C)cc(C)cc2C)c2c(C)cc(C)cc2C)c(C)c1.[Pd]. The van der Waals surface area contributed by atoms with Crippen molar-refractivity contribution in [2.75, 3.05) is 0 Å². The van der Waals surface area contributed by atoms with E-state index in [0.717, 1.165) is 0 Å². The fraction of sp³-hybridized carbons (Fsp3) is 0.333.